The molecule has 1 fully saturated rings. The summed E-state index contributed by atoms with van der Waals surface area (Å²) in [4.78, 5) is 13.6. The Kier molecular flexibility index (Phi) is 4.39. The average Bonchev–Trinajstić information content (AvgIpc) is 2.42. The van der Waals surface area contributed by atoms with Crippen LogP contribution in [0.3, 0.4) is 0 Å². The van der Waals surface area contributed by atoms with Crippen LogP contribution in [0.15, 0.2) is 24.3 Å². The smallest absolute Gasteiger partial charge is 0.248 e. The van der Waals surface area contributed by atoms with E-state index in [0.29, 0.717) is 13.1 Å². The lowest BCUT2D eigenvalue weighted by atomic mass is 10.1. The molecule has 1 saturated heterocycles. The fraction of sp³-hybridized carbons (Fsp3) is 0.500. The quantitative estimate of drug-likeness (QED) is 0.872. The number of morpholine rings is 1. The van der Waals surface area contributed by atoms with Crippen LogP contribution < -0.4 is 10.5 Å². The molecule has 104 valence electrons. The molecule has 5 heteroatoms. The molecule has 2 rings (SSSR count). The van der Waals surface area contributed by atoms with Gasteiger partial charge in [0.05, 0.1) is 13.2 Å². The Morgan fingerprint density at radius 3 is 2.74 bits per heavy atom. The molecule has 1 aromatic carbocycles. The molecule has 1 aliphatic heterocycles. The second-order valence-corrected chi connectivity index (χ2v) is 4.83. The Balaban J connectivity index is 2.01. The summed E-state index contributed by atoms with van der Waals surface area (Å²) in [5, 5.41) is 0. The minimum absolute atomic E-state index is 0.00715. The zero-order chi connectivity index (χ0) is 13.8. The van der Waals surface area contributed by atoms with Crippen LogP contribution in [0, 0.1) is 0 Å². The van der Waals surface area contributed by atoms with Gasteiger partial charge in [-0.15, -0.1) is 0 Å². The van der Waals surface area contributed by atoms with E-state index >= 15 is 0 Å². The van der Waals surface area contributed by atoms with E-state index < -0.39 is 0 Å². The summed E-state index contributed by atoms with van der Waals surface area (Å²) >= 11 is 0. The van der Waals surface area contributed by atoms with E-state index in [9.17, 15) is 4.79 Å². The third-order valence-corrected chi connectivity index (χ3v) is 3.29. The van der Waals surface area contributed by atoms with Gasteiger partial charge in [0.25, 0.3) is 0 Å². The maximum Gasteiger partial charge on any atom is 0.248 e. The Bertz CT molecular complexity index is 431. The highest BCUT2D eigenvalue weighted by atomic mass is 16.5. The fourth-order valence-electron chi connectivity index (χ4n) is 2.06. The van der Waals surface area contributed by atoms with Gasteiger partial charge in [-0.25, -0.2) is 0 Å². The van der Waals surface area contributed by atoms with Gasteiger partial charge < -0.3 is 20.1 Å². The number of nitrogens with zero attached hydrogens (tertiary/aromatic N) is 1. The molecule has 1 aliphatic rings. The van der Waals surface area contributed by atoms with Crippen LogP contribution in [0.1, 0.15) is 12.5 Å². The number of carbonyl (C=O) groups is 1. The van der Waals surface area contributed by atoms with Crippen LogP contribution in [0.4, 0.5) is 0 Å². The zero-order valence-corrected chi connectivity index (χ0v) is 11.3. The lowest BCUT2D eigenvalue weighted by Crippen LogP contribution is -2.51. The highest BCUT2D eigenvalue weighted by Crippen LogP contribution is 2.16. The van der Waals surface area contributed by atoms with Crippen molar-refractivity contribution in [3.8, 4) is 5.75 Å². The van der Waals surface area contributed by atoms with Crippen LogP contribution in [0.2, 0.25) is 0 Å². The second-order valence-electron chi connectivity index (χ2n) is 4.83. The Hall–Kier alpha value is -1.59. The molecule has 0 radical (unpaired) electrons. The monoisotopic (exact) mass is 264 g/mol. The van der Waals surface area contributed by atoms with Gasteiger partial charge in [0.2, 0.25) is 5.91 Å². The van der Waals surface area contributed by atoms with Crippen molar-refractivity contribution < 1.29 is 14.3 Å². The van der Waals surface area contributed by atoms with Crippen molar-refractivity contribution in [2.75, 3.05) is 20.3 Å². The van der Waals surface area contributed by atoms with Gasteiger partial charge in [-0.05, 0) is 24.6 Å². The molecule has 1 heterocycles. The summed E-state index contributed by atoms with van der Waals surface area (Å²) < 4.78 is 10.5. The molecule has 1 unspecified atom stereocenters. The van der Waals surface area contributed by atoms with Crippen molar-refractivity contribution in [3.05, 3.63) is 29.8 Å². The second kappa shape index (κ2) is 6.04. The first-order valence-electron chi connectivity index (χ1n) is 6.38. The third kappa shape index (κ3) is 3.45. The molecular weight excluding hydrogens is 244 g/mol. The number of nitrogens with two attached hydrogens (primary N) is 1. The van der Waals surface area contributed by atoms with E-state index in [0.717, 1.165) is 11.3 Å². The van der Waals surface area contributed by atoms with E-state index in [4.69, 9.17) is 15.2 Å². The van der Waals surface area contributed by atoms with Crippen LogP contribution in [-0.4, -0.2) is 43.2 Å². The van der Waals surface area contributed by atoms with Gasteiger partial charge in [0, 0.05) is 19.1 Å². The molecule has 5 nitrogen and oxygen atoms in total. The topological polar surface area (TPSA) is 64.8 Å². The summed E-state index contributed by atoms with van der Waals surface area (Å²) in [7, 11) is 1.63. The Labute approximate surface area is 113 Å². The highest BCUT2D eigenvalue weighted by Gasteiger charge is 2.28. The van der Waals surface area contributed by atoms with Crippen molar-refractivity contribution in [1.29, 1.82) is 0 Å². The van der Waals surface area contributed by atoms with Crippen LogP contribution in [-0.2, 0) is 16.1 Å². The van der Waals surface area contributed by atoms with Crippen LogP contribution in [0.5, 0.6) is 5.75 Å². The van der Waals surface area contributed by atoms with Crippen molar-refractivity contribution in [2.45, 2.75) is 25.6 Å². The van der Waals surface area contributed by atoms with E-state index in [1.54, 1.807) is 12.0 Å². The molecule has 0 bridgehead atoms. The average molecular weight is 264 g/mol. The van der Waals surface area contributed by atoms with Gasteiger partial charge >= 0.3 is 0 Å². The van der Waals surface area contributed by atoms with Gasteiger partial charge in [0.1, 0.15) is 12.4 Å². The summed E-state index contributed by atoms with van der Waals surface area (Å²) in [5.74, 6) is 0.818. The summed E-state index contributed by atoms with van der Waals surface area (Å²) in [5.41, 5.74) is 6.90. The van der Waals surface area contributed by atoms with Gasteiger partial charge in [-0.1, -0.05) is 12.1 Å². The van der Waals surface area contributed by atoms with Crippen LogP contribution in [0.25, 0.3) is 0 Å². The van der Waals surface area contributed by atoms with Gasteiger partial charge in [-0.3, -0.25) is 4.79 Å². The van der Waals surface area contributed by atoms with Gasteiger partial charge in [-0.2, -0.15) is 0 Å². The Morgan fingerprint density at radius 1 is 1.47 bits per heavy atom. The molecule has 0 spiro atoms. The lowest BCUT2D eigenvalue weighted by Gasteiger charge is -2.34. The van der Waals surface area contributed by atoms with E-state index in [2.05, 4.69) is 0 Å². The number of carbonyl (C=O) groups excluding carboxylic acids is 1. The largest absolute Gasteiger partial charge is 0.497 e. The molecule has 1 amide bonds. The summed E-state index contributed by atoms with van der Waals surface area (Å²) in [6, 6.07) is 7.63. The first-order chi connectivity index (χ1) is 9.10. The molecule has 2 N–H and O–H groups in total. The van der Waals surface area contributed by atoms with Crippen molar-refractivity contribution in [2.24, 2.45) is 5.73 Å². The molecule has 0 aliphatic carbocycles. The van der Waals surface area contributed by atoms with Crippen molar-refractivity contribution in [3.63, 3.8) is 0 Å². The number of rotatable bonds is 4. The normalized spacial score (nSPS) is 21.3. The molecule has 1 aromatic rings. The fourth-order valence-corrected chi connectivity index (χ4v) is 2.06. The number of benzene rings is 1. The molecule has 0 aromatic heterocycles. The predicted molar refractivity (Wildman–Crippen MR) is 71.8 cm³/mol. The SMILES string of the molecule is COc1ccc(CN2CC([C@H](C)N)OCC2=O)cc1. The van der Waals surface area contributed by atoms with Crippen molar-refractivity contribution >= 4 is 5.91 Å². The standard InChI is InChI=1S/C14H20N2O3/c1-10(15)13-8-16(14(17)9-19-13)7-11-3-5-12(18-2)6-4-11/h3-6,10,13H,7-9,15H2,1-2H3/t10-,13?/m0/s1. The molecule has 2 atom stereocenters. The molecule has 0 saturated carbocycles. The minimum atomic E-state index is -0.0871. The number of hydrogen-bond donors (Lipinski definition) is 1. The third-order valence-electron chi connectivity index (χ3n) is 3.29. The van der Waals surface area contributed by atoms with Crippen molar-refractivity contribution in [1.82, 2.24) is 4.90 Å². The number of ether oxygens (including phenoxy) is 2. The van der Waals surface area contributed by atoms with Gasteiger partial charge in [0.15, 0.2) is 0 Å². The minimum Gasteiger partial charge on any atom is -0.497 e. The maximum absolute atomic E-state index is 11.8. The lowest BCUT2D eigenvalue weighted by molar-refractivity contribution is -0.150. The zero-order valence-electron chi connectivity index (χ0n) is 11.3. The van der Waals surface area contributed by atoms with E-state index in [-0.39, 0.29) is 24.7 Å². The first kappa shape index (κ1) is 13.8. The summed E-state index contributed by atoms with van der Waals surface area (Å²) in [6.45, 7) is 3.13. The summed E-state index contributed by atoms with van der Waals surface area (Å²) in [6.07, 6.45) is -0.0871. The molecule has 19 heavy (non-hydrogen) atoms. The number of methoxy groups -OCH3 is 1. The van der Waals surface area contributed by atoms with E-state index in [1.165, 1.54) is 0 Å². The first-order valence-corrected chi connectivity index (χ1v) is 6.38. The molecular formula is C14H20N2O3. The number of hydrogen-bond acceptors (Lipinski definition) is 4. The Morgan fingerprint density at radius 2 is 2.16 bits per heavy atom. The highest BCUT2D eigenvalue weighted by molar-refractivity contribution is 5.78. The predicted octanol–water partition coefficient (Wildman–Crippen LogP) is 0.770. The maximum atomic E-state index is 11.8. The van der Waals surface area contributed by atoms with E-state index in [1.807, 2.05) is 31.2 Å². The number of amides is 1. The van der Waals surface area contributed by atoms with Crippen LogP contribution >= 0.6 is 0 Å².